The fraction of sp³-hybridized carbons (Fsp3) is 0.0968. The normalized spacial score (nSPS) is 14.4. The van der Waals surface area contributed by atoms with Crippen LogP contribution in [0.15, 0.2) is 194 Å². The van der Waals surface area contributed by atoms with Crippen molar-refractivity contribution in [2.45, 2.75) is 38.5 Å². The fourth-order valence-electron chi connectivity index (χ4n) is 11.9. The summed E-state index contributed by atoms with van der Waals surface area (Å²) >= 11 is 0. The van der Waals surface area contributed by atoms with Gasteiger partial charge in [0, 0.05) is 10.8 Å². The standard InChI is InChI=1S/C62H44/c1-61(2)53-27-14-13-21-44(53)45-31-29-41(36-55(45)61)57-49-25-11-9-23-47(49)56(48-24-10-12-26-50(48)57)40-18-15-17-38(34-40)39-28-32-51-52(35-39)43-20-7-8-22-46(43)59-58-42-19-6-5-16-37(42)30-33-54(58)62(3,4)60(51)59/h5-36H,1-4H3. The number of hydrogen-bond donors (Lipinski definition) is 0. The van der Waals surface area contributed by atoms with Crippen molar-refractivity contribution in [3.05, 3.63) is 216 Å². The molecule has 13 rings (SSSR count). The molecule has 0 radical (unpaired) electrons. The molecule has 292 valence electrons. The molecule has 11 aromatic rings. The summed E-state index contributed by atoms with van der Waals surface area (Å²) in [6, 6.07) is 73.4. The maximum absolute atomic E-state index is 2.48. The molecular weight excluding hydrogens is 745 g/mol. The molecule has 0 nitrogen and oxygen atoms in total. The van der Waals surface area contributed by atoms with E-state index in [1.54, 1.807) is 0 Å². The van der Waals surface area contributed by atoms with Gasteiger partial charge in [0.2, 0.25) is 0 Å². The molecule has 2 aliphatic carbocycles. The van der Waals surface area contributed by atoms with Crippen molar-refractivity contribution in [1.29, 1.82) is 0 Å². The largest absolute Gasteiger partial charge is 0.0619 e. The van der Waals surface area contributed by atoms with Crippen LogP contribution in [0.2, 0.25) is 0 Å². The van der Waals surface area contributed by atoms with E-state index in [1.165, 1.54) is 132 Å². The predicted molar refractivity (Wildman–Crippen MR) is 265 cm³/mol. The molecule has 0 atom stereocenters. The molecule has 0 heteroatoms. The Bertz CT molecular complexity index is 3690. The topological polar surface area (TPSA) is 0 Å². The summed E-state index contributed by atoms with van der Waals surface area (Å²) in [6.45, 7) is 9.59. The summed E-state index contributed by atoms with van der Waals surface area (Å²) in [5, 5.41) is 13.0. The summed E-state index contributed by atoms with van der Waals surface area (Å²) in [6.07, 6.45) is 0. The second kappa shape index (κ2) is 12.6. The SMILES string of the molecule is CC1(C)c2ccccc2-c2ccc(-c3c4ccccc4c(-c4cccc(-c5ccc6c7c(c8ccccc8c6c5)-c5c(ccc6ccccc56)C7(C)C)c4)c4ccccc34)cc21. The van der Waals surface area contributed by atoms with E-state index in [0.717, 1.165) is 0 Å². The molecule has 62 heavy (non-hydrogen) atoms. The van der Waals surface area contributed by atoms with Gasteiger partial charge >= 0.3 is 0 Å². The van der Waals surface area contributed by atoms with Crippen molar-refractivity contribution in [1.82, 2.24) is 0 Å². The van der Waals surface area contributed by atoms with E-state index >= 15 is 0 Å². The van der Waals surface area contributed by atoms with Gasteiger partial charge in [0.25, 0.3) is 0 Å². The highest BCUT2D eigenvalue weighted by Crippen LogP contribution is 2.57. The van der Waals surface area contributed by atoms with Crippen LogP contribution in [-0.2, 0) is 10.8 Å². The molecule has 11 aromatic carbocycles. The molecule has 0 saturated carbocycles. The lowest BCUT2D eigenvalue weighted by molar-refractivity contribution is 0.660. The van der Waals surface area contributed by atoms with Crippen molar-refractivity contribution in [3.63, 3.8) is 0 Å². The Morgan fingerprint density at radius 2 is 0.790 bits per heavy atom. The first-order valence-corrected chi connectivity index (χ1v) is 22.1. The Hall–Kier alpha value is -7.28. The summed E-state index contributed by atoms with van der Waals surface area (Å²) in [4.78, 5) is 0. The zero-order valence-corrected chi connectivity index (χ0v) is 35.5. The molecule has 0 saturated heterocycles. The third-order valence-corrected chi connectivity index (χ3v) is 14.8. The average molecular weight is 789 g/mol. The minimum absolute atomic E-state index is 0.0703. The van der Waals surface area contributed by atoms with Crippen LogP contribution in [0, 0.1) is 0 Å². The van der Waals surface area contributed by atoms with E-state index in [1.807, 2.05) is 0 Å². The van der Waals surface area contributed by atoms with Gasteiger partial charge in [-0.1, -0.05) is 204 Å². The zero-order chi connectivity index (χ0) is 41.5. The van der Waals surface area contributed by atoms with E-state index in [0.29, 0.717) is 0 Å². The summed E-state index contributed by atoms with van der Waals surface area (Å²) in [7, 11) is 0. The fourth-order valence-corrected chi connectivity index (χ4v) is 11.9. The van der Waals surface area contributed by atoms with Crippen LogP contribution >= 0.6 is 0 Å². The first-order chi connectivity index (χ1) is 30.3. The van der Waals surface area contributed by atoms with Crippen molar-refractivity contribution >= 4 is 53.9 Å². The average Bonchev–Trinajstić information content (AvgIpc) is 3.70. The number of benzene rings is 11. The Labute approximate surface area is 362 Å². The summed E-state index contributed by atoms with van der Waals surface area (Å²) in [5.41, 5.74) is 18.5. The van der Waals surface area contributed by atoms with Crippen molar-refractivity contribution in [2.75, 3.05) is 0 Å². The predicted octanol–water partition coefficient (Wildman–Crippen LogP) is 17.1. The first kappa shape index (κ1) is 35.5. The minimum atomic E-state index is -0.145. The maximum atomic E-state index is 2.48. The highest BCUT2D eigenvalue weighted by Gasteiger charge is 2.40. The van der Waals surface area contributed by atoms with E-state index < -0.39 is 0 Å². The zero-order valence-electron chi connectivity index (χ0n) is 35.5. The second-order valence-corrected chi connectivity index (χ2v) is 18.7. The number of hydrogen-bond acceptors (Lipinski definition) is 0. The van der Waals surface area contributed by atoms with Gasteiger partial charge in [0.1, 0.15) is 0 Å². The molecular formula is C62H44. The molecule has 0 fully saturated rings. The molecule has 0 heterocycles. The summed E-state index contributed by atoms with van der Waals surface area (Å²) in [5.74, 6) is 0. The minimum Gasteiger partial charge on any atom is -0.0619 e. The molecule has 0 bridgehead atoms. The lowest BCUT2D eigenvalue weighted by Crippen LogP contribution is -2.15. The van der Waals surface area contributed by atoms with E-state index in [-0.39, 0.29) is 10.8 Å². The van der Waals surface area contributed by atoms with E-state index in [9.17, 15) is 0 Å². The highest BCUT2D eigenvalue weighted by atomic mass is 14.4. The smallest absolute Gasteiger partial charge is 0.0165 e. The third kappa shape index (κ3) is 4.73. The van der Waals surface area contributed by atoms with E-state index in [2.05, 4.69) is 222 Å². The maximum Gasteiger partial charge on any atom is 0.0165 e. The molecule has 0 aromatic heterocycles. The van der Waals surface area contributed by atoms with Crippen LogP contribution in [0.4, 0.5) is 0 Å². The number of rotatable bonds is 3. The molecule has 0 N–H and O–H groups in total. The molecule has 0 aliphatic heterocycles. The van der Waals surface area contributed by atoms with Crippen molar-refractivity contribution < 1.29 is 0 Å². The molecule has 0 amide bonds. The van der Waals surface area contributed by atoms with Crippen LogP contribution in [0.5, 0.6) is 0 Å². The highest BCUT2D eigenvalue weighted by molar-refractivity contribution is 6.23. The Morgan fingerprint density at radius 1 is 0.258 bits per heavy atom. The van der Waals surface area contributed by atoms with Crippen LogP contribution in [0.1, 0.15) is 49.9 Å². The van der Waals surface area contributed by atoms with Gasteiger partial charge in [-0.3, -0.25) is 0 Å². The van der Waals surface area contributed by atoms with Crippen LogP contribution < -0.4 is 0 Å². The first-order valence-electron chi connectivity index (χ1n) is 22.1. The van der Waals surface area contributed by atoms with Gasteiger partial charge in [0.05, 0.1) is 0 Å². The lowest BCUT2D eigenvalue weighted by atomic mass is 9.78. The van der Waals surface area contributed by atoms with Gasteiger partial charge in [-0.25, -0.2) is 0 Å². The molecule has 0 spiro atoms. The monoisotopic (exact) mass is 788 g/mol. The van der Waals surface area contributed by atoms with Gasteiger partial charge in [-0.05, 0) is 150 Å². The van der Waals surface area contributed by atoms with Crippen molar-refractivity contribution in [3.8, 4) is 55.6 Å². The van der Waals surface area contributed by atoms with Crippen LogP contribution in [-0.4, -0.2) is 0 Å². The van der Waals surface area contributed by atoms with Gasteiger partial charge in [0.15, 0.2) is 0 Å². The van der Waals surface area contributed by atoms with Gasteiger partial charge < -0.3 is 0 Å². The lowest BCUT2D eigenvalue weighted by Gasteiger charge is -2.24. The number of fused-ring (bicyclic) bond motifs is 15. The Morgan fingerprint density at radius 3 is 1.50 bits per heavy atom. The Balaban J connectivity index is 0.996. The van der Waals surface area contributed by atoms with Gasteiger partial charge in [-0.2, -0.15) is 0 Å². The van der Waals surface area contributed by atoms with E-state index in [4.69, 9.17) is 0 Å². The summed E-state index contributed by atoms with van der Waals surface area (Å²) < 4.78 is 0. The molecule has 0 unspecified atom stereocenters. The van der Waals surface area contributed by atoms with Gasteiger partial charge in [-0.15, -0.1) is 0 Å². The Kier molecular flexibility index (Phi) is 7.23. The quantitative estimate of drug-likeness (QED) is 0.124. The molecule has 2 aliphatic rings. The second-order valence-electron chi connectivity index (χ2n) is 18.7. The van der Waals surface area contributed by atoms with Crippen molar-refractivity contribution in [2.24, 2.45) is 0 Å². The van der Waals surface area contributed by atoms with Crippen LogP contribution in [0.3, 0.4) is 0 Å². The third-order valence-electron chi connectivity index (χ3n) is 14.8. The van der Waals surface area contributed by atoms with Crippen LogP contribution in [0.25, 0.3) is 109 Å².